The SMILES string of the molecule is CC(C)CC(=O)c1sc(Nc2ccc(C(C)C)cc2)nc1N. The second kappa shape index (κ2) is 6.92. The summed E-state index contributed by atoms with van der Waals surface area (Å²) >= 11 is 1.32. The van der Waals surface area contributed by atoms with Crippen LogP contribution in [0.1, 0.15) is 55.3 Å². The van der Waals surface area contributed by atoms with Crippen LogP contribution in [0.15, 0.2) is 24.3 Å². The van der Waals surface area contributed by atoms with E-state index in [1.807, 2.05) is 26.0 Å². The number of nitrogen functional groups attached to an aromatic ring is 1. The Balaban J connectivity index is 2.12. The monoisotopic (exact) mass is 317 g/mol. The Morgan fingerprint density at radius 1 is 1.23 bits per heavy atom. The van der Waals surface area contributed by atoms with E-state index >= 15 is 0 Å². The van der Waals surface area contributed by atoms with Crippen molar-refractivity contribution in [1.29, 1.82) is 0 Å². The quantitative estimate of drug-likeness (QED) is 0.749. The number of hydrogen-bond donors (Lipinski definition) is 2. The van der Waals surface area contributed by atoms with Crippen LogP contribution in [0, 0.1) is 5.92 Å². The highest BCUT2D eigenvalue weighted by atomic mass is 32.1. The summed E-state index contributed by atoms with van der Waals surface area (Å²) in [6.07, 6.45) is 0.495. The van der Waals surface area contributed by atoms with Gasteiger partial charge in [-0.05, 0) is 29.5 Å². The molecular formula is C17H23N3OS. The first-order valence-electron chi connectivity index (χ1n) is 7.53. The summed E-state index contributed by atoms with van der Waals surface area (Å²) in [7, 11) is 0. The van der Waals surface area contributed by atoms with Gasteiger partial charge in [0.25, 0.3) is 0 Å². The highest BCUT2D eigenvalue weighted by Crippen LogP contribution is 2.29. The van der Waals surface area contributed by atoms with E-state index in [-0.39, 0.29) is 5.78 Å². The third-order valence-corrected chi connectivity index (χ3v) is 4.36. The molecule has 1 aromatic carbocycles. The topological polar surface area (TPSA) is 68.0 Å². The maximum atomic E-state index is 12.1. The maximum absolute atomic E-state index is 12.1. The number of nitrogens with two attached hydrogens (primary N) is 1. The van der Waals surface area contributed by atoms with Crippen molar-refractivity contribution in [1.82, 2.24) is 4.98 Å². The molecule has 1 aromatic heterocycles. The standard InChI is InChI=1S/C17H23N3OS/c1-10(2)9-14(21)15-16(18)20-17(22-15)19-13-7-5-12(6-8-13)11(3)4/h5-8,10-11H,9,18H2,1-4H3,(H,19,20). The fourth-order valence-corrected chi connectivity index (χ4v) is 2.98. The van der Waals surface area contributed by atoms with Crippen LogP contribution in [0.2, 0.25) is 0 Å². The molecule has 0 aliphatic rings. The Hall–Kier alpha value is -1.88. The Labute approximate surface area is 135 Å². The average molecular weight is 317 g/mol. The van der Waals surface area contributed by atoms with Crippen molar-refractivity contribution in [3.05, 3.63) is 34.7 Å². The molecule has 0 aliphatic carbocycles. The fourth-order valence-electron chi connectivity index (χ4n) is 2.12. The van der Waals surface area contributed by atoms with Gasteiger partial charge in [-0.1, -0.05) is 51.2 Å². The van der Waals surface area contributed by atoms with Crippen LogP contribution in [-0.4, -0.2) is 10.8 Å². The number of rotatable bonds is 6. The van der Waals surface area contributed by atoms with E-state index in [1.54, 1.807) is 0 Å². The zero-order chi connectivity index (χ0) is 16.3. The number of benzene rings is 1. The number of nitrogens with one attached hydrogen (secondary N) is 1. The van der Waals surface area contributed by atoms with E-state index < -0.39 is 0 Å². The number of aromatic nitrogens is 1. The smallest absolute Gasteiger partial charge is 0.189 e. The van der Waals surface area contributed by atoms with Crippen molar-refractivity contribution in [2.45, 2.75) is 40.0 Å². The number of carbonyl (C=O) groups is 1. The summed E-state index contributed by atoms with van der Waals surface area (Å²) in [6, 6.07) is 8.22. The van der Waals surface area contributed by atoms with Gasteiger partial charge < -0.3 is 11.1 Å². The van der Waals surface area contributed by atoms with Gasteiger partial charge in [0.05, 0.1) is 0 Å². The molecule has 1 heterocycles. The van der Waals surface area contributed by atoms with Gasteiger partial charge in [-0.15, -0.1) is 0 Å². The van der Waals surface area contributed by atoms with Crippen LogP contribution in [0.3, 0.4) is 0 Å². The summed E-state index contributed by atoms with van der Waals surface area (Å²) in [6.45, 7) is 8.36. The molecule has 0 saturated carbocycles. The molecule has 0 radical (unpaired) electrons. The van der Waals surface area contributed by atoms with Crippen molar-refractivity contribution in [2.24, 2.45) is 5.92 Å². The predicted molar refractivity (Wildman–Crippen MR) is 94.1 cm³/mol. The van der Waals surface area contributed by atoms with E-state index in [9.17, 15) is 4.79 Å². The van der Waals surface area contributed by atoms with E-state index in [2.05, 4.69) is 36.3 Å². The third kappa shape index (κ3) is 4.07. The lowest BCUT2D eigenvalue weighted by atomic mass is 10.0. The first-order valence-corrected chi connectivity index (χ1v) is 8.35. The van der Waals surface area contributed by atoms with Crippen LogP contribution < -0.4 is 11.1 Å². The summed E-state index contributed by atoms with van der Waals surface area (Å²) in [4.78, 5) is 16.9. The van der Waals surface area contributed by atoms with Crippen LogP contribution >= 0.6 is 11.3 Å². The largest absolute Gasteiger partial charge is 0.382 e. The molecule has 0 fully saturated rings. The highest BCUT2D eigenvalue weighted by Gasteiger charge is 2.17. The minimum atomic E-state index is 0.0632. The van der Waals surface area contributed by atoms with Gasteiger partial charge in [0.1, 0.15) is 10.7 Å². The van der Waals surface area contributed by atoms with E-state index in [4.69, 9.17) is 5.73 Å². The second-order valence-corrected chi connectivity index (χ2v) is 7.16. The maximum Gasteiger partial charge on any atom is 0.189 e. The Kier molecular flexibility index (Phi) is 5.19. The predicted octanol–water partition coefficient (Wildman–Crippen LogP) is 4.82. The Morgan fingerprint density at radius 3 is 2.41 bits per heavy atom. The molecule has 118 valence electrons. The van der Waals surface area contributed by atoms with Crippen LogP contribution in [0.5, 0.6) is 0 Å². The number of hydrogen-bond acceptors (Lipinski definition) is 5. The molecule has 0 aliphatic heterocycles. The lowest BCUT2D eigenvalue weighted by molar-refractivity contribution is 0.0972. The molecule has 4 nitrogen and oxygen atoms in total. The molecule has 0 bridgehead atoms. The second-order valence-electron chi connectivity index (χ2n) is 6.16. The minimum absolute atomic E-state index is 0.0632. The van der Waals surface area contributed by atoms with Crippen molar-refractivity contribution >= 4 is 33.8 Å². The van der Waals surface area contributed by atoms with E-state index in [0.29, 0.717) is 34.1 Å². The van der Waals surface area contributed by atoms with Gasteiger partial charge in [0.2, 0.25) is 0 Å². The first kappa shape index (κ1) is 16.5. The average Bonchev–Trinajstić information content (AvgIpc) is 2.79. The normalized spacial score (nSPS) is 11.2. The van der Waals surface area contributed by atoms with Crippen molar-refractivity contribution in [2.75, 3.05) is 11.1 Å². The van der Waals surface area contributed by atoms with Gasteiger partial charge in [-0.3, -0.25) is 4.79 Å². The lowest BCUT2D eigenvalue weighted by Gasteiger charge is -2.07. The van der Waals surface area contributed by atoms with Crippen molar-refractivity contribution < 1.29 is 4.79 Å². The zero-order valence-electron chi connectivity index (χ0n) is 13.5. The molecule has 0 amide bonds. The number of thiazole rings is 1. The fraction of sp³-hybridized carbons (Fsp3) is 0.412. The summed E-state index contributed by atoms with van der Waals surface area (Å²) in [5, 5.41) is 3.87. The molecule has 0 spiro atoms. The van der Waals surface area contributed by atoms with E-state index in [1.165, 1.54) is 16.9 Å². The zero-order valence-corrected chi connectivity index (χ0v) is 14.3. The van der Waals surface area contributed by atoms with Crippen LogP contribution in [-0.2, 0) is 0 Å². The summed E-state index contributed by atoms with van der Waals surface area (Å²) in [5.41, 5.74) is 8.11. The van der Waals surface area contributed by atoms with Crippen LogP contribution in [0.25, 0.3) is 0 Å². The molecular weight excluding hydrogens is 294 g/mol. The highest BCUT2D eigenvalue weighted by molar-refractivity contribution is 7.18. The minimum Gasteiger partial charge on any atom is -0.382 e. The van der Waals surface area contributed by atoms with Crippen molar-refractivity contribution in [3.8, 4) is 0 Å². The van der Waals surface area contributed by atoms with Gasteiger partial charge in [0, 0.05) is 12.1 Å². The molecule has 2 aromatic rings. The summed E-state index contributed by atoms with van der Waals surface area (Å²) in [5.74, 6) is 1.20. The molecule has 0 atom stereocenters. The molecule has 3 N–H and O–H groups in total. The number of Topliss-reactive ketones (excluding diaryl/α,β-unsaturated/α-hetero) is 1. The van der Waals surface area contributed by atoms with Gasteiger partial charge >= 0.3 is 0 Å². The molecule has 2 rings (SSSR count). The number of carbonyl (C=O) groups excluding carboxylic acids is 1. The van der Waals surface area contributed by atoms with Crippen molar-refractivity contribution in [3.63, 3.8) is 0 Å². The first-order chi connectivity index (χ1) is 10.4. The van der Waals surface area contributed by atoms with Gasteiger partial charge in [-0.2, -0.15) is 0 Å². The number of anilines is 3. The van der Waals surface area contributed by atoms with Gasteiger partial charge in [0.15, 0.2) is 10.9 Å². The number of nitrogens with zero attached hydrogens (tertiary/aromatic N) is 1. The number of ketones is 1. The van der Waals surface area contributed by atoms with Gasteiger partial charge in [-0.25, -0.2) is 4.98 Å². The van der Waals surface area contributed by atoms with E-state index in [0.717, 1.165) is 5.69 Å². The lowest BCUT2D eigenvalue weighted by Crippen LogP contribution is -2.04. The Bertz CT molecular complexity index is 644. The molecule has 22 heavy (non-hydrogen) atoms. The molecule has 0 unspecified atom stereocenters. The molecule has 5 heteroatoms. The van der Waals surface area contributed by atoms with Crippen LogP contribution in [0.4, 0.5) is 16.6 Å². The third-order valence-electron chi connectivity index (χ3n) is 3.33. The molecule has 0 saturated heterocycles. The Morgan fingerprint density at radius 2 is 1.86 bits per heavy atom. The summed E-state index contributed by atoms with van der Waals surface area (Å²) < 4.78 is 0.